The molecule has 4 aromatic rings. The van der Waals surface area contributed by atoms with E-state index in [0.717, 1.165) is 22.3 Å². The first-order chi connectivity index (χ1) is 12.0. The summed E-state index contributed by atoms with van der Waals surface area (Å²) >= 11 is 0. The molecule has 3 heterocycles. The highest BCUT2D eigenvalue weighted by atomic mass is 16.5. The number of nitrogens with zero attached hydrogens (tertiary/aromatic N) is 2. The summed E-state index contributed by atoms with van der Waals surface area (Å²) in [4.78, 5) is 20.5. The van der Waals surface area contributed by atoms with E-state index in [2.05, 4.69) is 20.4 Å². The highest BCUT2D eigenvalue weighted by molar-refractivity contribution is 6.12. The summed E-state index contributed by atoms with van der Waals surface area (Å²) in [6, 6.07) is 9.54. The number of nitrogens with one attached hydrogen (secondary N) is 2. The van der Waals surface area contributed by atoms with Gasteiger partial charge in [0.1, 0.15) is 0 Å². The third-order valence-electron chi connectivity index (χ3n) is 4.28. The minimum atomic E-state index is -0.199. The third kappa shape index (κ3) is 2.65. The number of rotatable bonds is 3. The summed E-state index contributed by atoms with van der Waals surface area (Å²) in [5.41, 5.74) is 4.15. The molecule has 0 fully saturated rings. The van der Waals surface area contributed by atoms with Crippen molar-refractivity contribution in [2.24, 2.45) is 0 Å². The van der Waals surface area contributed by atoms with E-state index in [4.69, 9.17) is 4.52 Å². The zero-order valence-electron chi connectivity index (χ0n) is 14.3. The van der Waals surface area contributed by atoms with Crippen molar-refractivity contribution in [2.75, 3.05) is 5.32 Å². The minimum absolute atomic E-state index is 0.178. The fourth-order valence-corrected chi connectivity index (χ4v) is 2.92. The van der Waals surface area contributed by atoms with Gasteiger partial charge in [-0.05, 0) is 43.2 Å². The van der Waals surface area contributed by atoms with Gasteiger partial charge in [-0.2, -0.15) is 0 Å². The van der Waals surface area contributed by atoms with E-state index in [9.17, 15) is 4.79 Å². The van der Waals surface area contributed by atoms with Crippen LogP contribution in [0.3, 0.4) is 0 Å². The van der Waals surface area contributed by atoms with Crippen LogP contribution in [0, 0.1) is 6.92 Å². The van der Waals surface area contributed by atoms with Gasteiger partial charge in [0.25, 0.3) is 11.6 Å². The van der Waals surface area contributed by atoms with Crippen LogP contribution in [0.25, 0.3) is 22.0 Å². The van der Waals surface area contributed by atoms with E-state index in [-0.39, 0.29) is 11.8 Å². The highest BCUT2D eigenvalue weighted by Crippen LogP contribution is 2.26. The van der Waals surface area contributed by atoms with E-state index >= 15 is 0 Å². The predicted octanol–water partition coefficient (Wildman–Crippen LogP) is 4.39. The van der Waals surface area contributed by atoms with Crippen LogP contribution >= 0.6 is 0 Å². The summed E-state index contributed by atoms with van der Waals surface area (Å²) in [6.07, 6.45) is 1.87. The molecule has 0 atom stereocenters. The molecular formula is C19H18N4O2. The molecule has 1 aromatic carbocycles. The molecule has 0 aliphatic carbocycles. The Hall–Kier alpha value is -3.15. The molecule has 0 radical (unpaired) electrons. The number of carbonyl (C=O) groups excluding carboxylic acids is 1. The first kappa shape index (κ1) is 15.4. The largest absolute Gasteiger partial charge is 0.361 e. The molecule has 126 valence electrons. The average molecular weight is 334 g/mol. The summed E-state index contributed by atoms with van der Waals surface area (Å²) in [5, 5.41) is 8.62. The predicted molar refractivity (Wildman–Crippen MR) is 96.9 cm³/mol. The fraction of sp³-hybridized carbons (Fsp3) is 0.211. The van der Waals surface area contributed by atoms with E-state index < -0.39 is 0 Å². The quantitative estimate of drug-likeness (QED) is 0.582. The molecule has 6 heteroatoms. The first-order valence-corrected chi connectivity index (χ1v) is 8.18. The van der Waals surface area contributed by atoms with Gasteiger partial charge < -0.3 is 14.8 Å². The Morgan fingerprint density at radius 1 is 1.24 bits per heavy atom. The Morgan fingerprint density at radius 3 is 2.88 bits per heavy atom. The van der Waals surface area contributed by atoms with Gasteiger partial charge in [-0.15, -0.1) is 0 Å². The molecule has 0 saturated heterocycles. The molecule has 0 unspecified atom stereocenters. The molecule has 6 nitrogen and oxygen atoms in total. The third-order valence-corrected chi connectivity index (χ3v) is 4.28. The van der Waals surface area contributed by atoms with Gasteiger partial charge in [-0.1, -0.05) is 19.0 Å². The summed E-state index contributed by atoms with van der Waals surface area (Å²) < 4.78 is 5.28. The second kappa shape index (κ2) is 5.73. The summed E-state index contributed by atoms with van der Waals surface area (Å²) in [7, 11) is 0. The number of aromatic nitrogens is 3. The number of hydrogen-bond acceptors (Lipinski definition) is 4. The second-order valence-electron chi connectivity index (χ2n) is 6.43. The van der Waals surface area contributed by atoms with Crippen molar-refractivity contribution in [1.29, 1.82) is 0 Å². The average Bonchev–Trinajstić information content (AvgIpc) is 3.20. The van der Waals surface area contributed by atoms with Crippen molar-refractivity contribution < 1.29 is 9.32 Å². The molecule has 3 aromatic heterocycles. The Kier molecular flexibility index (Phi) is 3.53. The number of benzene rings is 1. The minimum Gasteiger partial charge on any atom is -0.361 e. The van der Waals surface area contributed by atoms with E-state index in [0.29, 0.717) is 22.4 Å². The topological polar surface area (TPSA) is 83.8 Å². The molecular weight excluding hydrogens is 316 g/mol. The molecule has 0 aliphatic heterocycles. The lowest BCUT2D eigenvalue weighted by molar-refractivity contribution is 0.102. The van der Waals surface area contributed by atoms with E-state index in [1.807, 2.05) is 57.3 Å². The van der Waals surface area contributed by atoms with Crippen LogP contribution in [-0.4, -0.2) is 21.0 Å². The summed E-state index contributed by atoms with van der Waals surface area (Å²) in [6.45, 7) is 5.86. The van der Waals surface area contributed by atoms with Crippen LogP contribution in [0.4, 0.5) is 5.69 Å². The van der Waals surface area contributed by atoms with Crippen LogP contribution in [-0.2, 0) is 0 Å². The van der Waals surface area contributed by atoms with Gasteiger partial charge in [0.15, 0.2) is 0 Å². The van der Waals surface area contributed by atoms with Gasteiger partial charge in [0.05, 0.1) is 16.6 Å². The van der Waals surface area contributed by atoms with E-state index in [1.165, 1.54) is 0 Å². The number of pyridine rings is 1. The molecule has 2 N–H and O–H groups in total. The first-order valence-electron chi connectivity index (χ1n) is 8.18. The van der Waals surface area contributed by atoms with Crippen molar-refractivity contribution in [3.8, 4) is 0 Å². The lowest BCUT2D eigenvalue weighted by Crippen LogP contribution is -2.13. The van der Waals surface area contributed by atoms with Crippen molar-refractivity contribution in [3.63, 3.8) is 0 Å². The number of H-pyrrole nitrogens is 1. The molecule has 0 aliphatic rings. The van der Waals surface area contributed by atoms with Crippen molar-refractivity contribution in [1.82, 2.24) is 15.1 Å². The number of amides is 1. The van der Waals surface area contributed by atoms with Gasteiger partial charge in [-0.3, -0.25) is 4.79 Å². The van der Waals surface area contributed by atoms with Crippen LogP contribution in [0.15, 0.2) is 41.1 Å². The maximum absolute atomic E-state index is 12.9. The normalized spacial score (nSPS) is 11.5. The van der Waals surface area contributed by atoms with Crippen LogP contribution in [0.2, 0.25) is 0 Å². The maximum atomic E-state index is 12.9. The van der Waals surface area contributed by atoms with Crippen molar-refractivity contribution in [2.45, 2.75) is 26.7 Å². The zero-order valence-corrected chi connectivity index (χ0v) is 14.3. The second-order valence-corrected chi connectivity index (χ2v) is 6.43. The summed E-state index contributed by atoms with van der Waals surface area (Å²) in [5.74, 6) is -0.0203. The Morgan fingerprint density at radius 2 is 2.08 bits per heavy atom. The van der Waals surface area contributed by atoms with Gasteiger partial charge in [0.2, 0.25) is 0 Å². The molecule has 1 amide bonds. The Balaban J connectivity index is 1.76. The number of aromatic amines is 1. The molecule has 0 bridgehead atoms. The number of aryl methyl sites for hydroxylation is 1. The SMILES string of the molecule is Cc1noc2nc(C(C)C)cc(C(=O)Nc3ccc4[nH]ccc4c3)c12. The fourth-order valence-electron chi connectivity index (χ4n) is 2.92. The van der Waals surface area contributed by atoms with Crippen molar-refractivity contribution in [3.05, 3.63) is 53.5 Å². The van der Waals surface area contributed by atoms with Crippen LogP contribution in [0.1, 0.15) is 41.5 Å². The van der Waals surface area contributed by atoms with Crippen molar-refractivity contribution >= 4 is 33.6 Å². The van der Waals surface area contributed by atoms with Gasteiger partial charge in [-0.25, -0.2) is 4.98 Å². The molecule has 0 spiro atoms. The van der Waals surface area contributed by atoms with Crippen LogP contribution < -0.4 is 5.32 Å². The lowest BCUT2D eigenvalue weighted by atomic mass is 10.0. The zero-order chi connectivity index (χ0) is 17.6. The van der Waals surface area contributed by atoms with Crippen LogP contribution in [0.5, 0.6) is 0 Å². The number of carbonyl (C=O) groups is 1. The molecule has 0 saturated carbocycles. The van der Waals surface area contributed by atoms with E-state index in [1.54, 1.807) is 0 Å². The van der Waals surface area contributed by atoms with Gasteiger partial charge >= 0.3 is 0 Å². The maximum Gasteiger partial charge on any atom is 0.259 e. The van der Waals surface area contributed by atoms with Gasteiger partial charge in [0, 0.05) is 28.5 Å². The standard InChI is InChI=1S/C19H18N4O2/c1-10(2)16-9-14(17-11(3)23-25-19(17)22-16)18(24)21-13-4-5-15-12(8-13)6-7-20-15/h4-10,20H,1-3H3,(H,21,24). The number of hydrogen-bond donors (Lipinski definition) is 2. The monoisotopic (exact) mass is 334 g/mol. The molecule has 4 rings (SSSR count). The Bertz CT molecular complexity index is 1090. The number of anilines is 1. The number of fused-ring (bicyclic) bond motifs is 2. The molecule has 25 heavy (non-hydrogen) atoms. The highest BCUT2D eigenvalue weighted by Gasteiger charge is 2.20. The smallest absolute Gasteiger partial charge is 0.259 e. The Labute approximate surface area is 144 Å². The lowest BCUT2D eigenvalue weighted by Gasteiger charge is -2.10.